The van der Waals surface area contributed by atoms with Gasteiger partial charge in [0.05, 0.1) is 6.10 Å². The smallest absolute Gasteiger partial charge is 0.238 e. The number of aliphatic hydroxyl groups is 1. The maximum Gasteiger partial charge on any atom is 0.238 e. The molecule has 6 heteroatoms. The zero-order valence-electron chi connectivity index (χ0n) is 9.33. The van der Waals surface area contributed by atoms with E-state index in [1.54, 1.807) is 12.4 Å². The van der Waals surface area contributed by atoms with Crippen LogP contribution < -0.4 is 0 Å². The summed E-state index contributed by atoms with van der Waals surface area (Å²) in [5, 5.41) is 13.4. The number of hydrogen-bond acceptors (Lipinski definition) is 5. The van der Waals surface area contributed by atoms with Gasteiger partial charge in [-0.15, -0.1) is 0 Å². The molecule has 1 aliphatic carbocycles. The molecule has 0 aromatic carbocycles. The van der Waals surface area contributed by atoms with E-state index in [2.05, 4.69) is 20.1 Å². The van der Waals surface area contributed by atoms with E-state index < -0.39 is 0 Å². The van der Waals surface area contributed by atoms with Crippen molar-refractivity contribution in [2.45, 2.75) is 37.7 Å². The van der Waals surface area contributed by atoms with Crippen LogP contribution in [0.25, 0.3) is 11.6 Å². The summed E-state index contributed by atoms with van der Waals surface area (Å²) in [6, 6.07) is 0. The van der Waals surface area contributed by atoms with Gasteiger partial charge in [0.2, 0.25) is 11.7 Å². The lowest BCUT2D eigenvalue weighted by Crippen LogP contribution is -2.17. The molecule has 0 atom stereocenters. The molecule has 90 valence electrons. The van der Waals surface area contributed by atoms with Crippen LogP contribution in [0.4, 0.5) is 0 Å². The monoisotopic (exact) mass is 234 g/mol. The predicted octanol–water partition coefficient (Wildman–Crippen LogP) is 1.48. The topological polar surface area (TPSA) is 87.8 Å². The van der Waals surface area contributed by atoms with Crippen LogP contribution in [0.1, 0.15) is 37.5 Å². The number of hydrogen-bond donors (Lipinski definition) is 2. The molecule has 1 saturated carbocycles. The van der Waals surface area contributed by atoms with Crippen molar-refractivity contribution in [2.24, 2.45) is 0 Å². The average Bonchev–Trinajstić information content (AvgIpc) is 3.00. The Morgan fingerprint density at radius 2 is 2.12 bits per heavy atom. The Kier molecular flexibility index (Phi) is 2.64. The van der Waals surface area contributed by atoms with Crippen molar-refractivity contribution in [1.29, 1.82) is 0 Å². The van der Waals surface area contributed by atoms with Crippen molar-refractivity contribution in [2.75, 3.05) is 0 Å². The summed E-state index contributed by atoms with van der Waals surface area (Å²) in [6.07, 6.45) is 6.64. The number of nitrogens with zero attached hydrogens (tertiary/aromatic N) is 3. The van der Waals surface area contributed by atoms with Crippen LogP contribution in [-0.4, -0.2) is 31.3 Å². The standard InChI is InChI=1S/C11H14N4O2/c16-8-3-1-7(2-4-8)11-14-10(15-17-11)9-12-5-6-13-9/h5-8,16H,1-4H2,(H,12,13). The lowest BCUT2D eigenvalue weighted by atomic mass is 9.87. The molecule has 3 rings (SSSR count). The maximum absolute atomic E-state index is 9.45. The Balaban J connectivity index is 1.76. The van der Waals surface area contributed by atoms with Gasteiger partial charge < -0.3 is 14.6 Å². The van der Waals surface area contributed by atoms with Crippen LogP contribution in [0.15, 0.2) is 16.9 Å². The van der Waals surface area contributed by atoms with E-state index in [4.69, 9.17) is 4.52 Å². The van der Waals surface area contributed by atoms with Gasteiger partial charge in [0.25, 0.3) is 0 Å². The van der Waals surface area contributed by atoms with E-state index >= 15 is 0 Å². The molecule has 1 fully saturated rings. The third-order valence-corrected chi connectivity index (χ3v) is 3.20. The summed E-state index contributed by atoms with van der Waals surface area (Å²) in [5.41, 5.74) is 0. The normalized spacial score (nSPS) is 25.0. The first-order valence-corrected chi connectivity index (χ1v) is 5.84. The van der Waals surface area contributed by atoms with Gasteiger partial charge >= 0.3 is 0 Å². The van der Waals surface area contributed by atoms with Crippen molar-refractivity contribution in [3.05, 3.63) is 18.3 Å². The number of rotatable bonds is 2. The number of aromatic amines is 1. The van der Waals surface area contributed by atoms with Crippen molar-refractivity contribution < 1.29 is 9.63 Å². The van der Waals surface area contributed by atoms with E-state index in [0.29, 0.717) is 17.5 Å². The molecule has 2 heterocycles. The number of nitrogens with one attached hydrogen (secondary N) is 1. The summed E-state index contributed by atoms with van der Waals surface area (Å²) in [6.45, 7) is 0. The van der Waals surface area contributed by atoms with Crippen molar-refractivity contribution >= 4 is 0 Å². The molecular weight excluding hydrogens is 220 g/mol. The van der Waals surface area contributed by atoms with Crippen LogP contribution in [0.5, 0.6) is 0 Å². The second-order valence-electron chi connectivity index (χ2n) is 4.40. The number of aromatic nitrogens is 4. The van der Waals surface area contributed by atoms with E-state index in [1.165, 1.54) is 0 Å². The van der Waals surface area contributed by atoms with E-state index in [0.717, 1.165) is 25.7 Å². The van der Waals surface area contributed by atoms with Crippen LogP contribution in [0.3, 0.4) is 0 Å². The number of H-pyrrole nitrogens is 1. The molecule has 6 nitrogen and oxygen atoms in total. The van der Waals surface area contributed by atoms with Gasteiger partial charge in [-0.05, 0) is 25.7 Å². The second kappa shape index (κ2) is 4.29. The first-order valence-electron chi connectivity index (χ1n) is 5.84. The van der Waals surface area contributed by atoms with Crippen LogP contribution >= 0.6 is 0 Å². The summed E-state index contributed by atoms with van der Waals surface area (Å²) in [5.74, 6) is 2.05. The molecule has 0 spiro atoms. The maximum atomic E-state index is 9.45. The quantitative estimate of drug-likeness (QED) is 0.821. The fourth-order valence-electron chi connectivity index (χ4n) is 2.21. The molecule has 2 aromatic rings. The SMILES string of the molecule is OC1CCC(c2nc(-c3ncc[nH]3)no2)CC1. The predicted molar refractivity (Wildman–Crippen MR) is 59.1 cm³/mol. The minimum atomic E-state index is -0.168. The summed E-state index contributed by atoms with van der Waals surface area (Å²) < 4.78 is 5.26. The third-order valence-electron chi connectivity index (χ3n) is 3.20. The summed E-state index contributed by atoms with van der Waals surface area (Å²) in [7, 11) is 0. The minimum absolute atomic E-state index is 0.168. The molecule has 0 radical (unpaired) electrons. The third kappa shape index (κ3) is 2.08. The molecule has 0 bridgehead atoms. The van der Waals surface area contributed by atoms with Gasteiger partial charge in [0.1, 0.15) is 0 Å². The highest BCUT2D eigenvalue weighted by Crippen LogP contribution is 2.32. The lowest BCUT2D eigenvalue weighted by Gasteiger charge is -2.22. The molecule has 0 unspecified atom stereocenters. The zero-order valence-corrected chi connectivity index (χ0v) is 9.33. The van der Waals surface area contributed by atoms with Gasteiger partial charge in [-0.1, -0.05) is 5.16 Å². The first-order chi connectivity index (χ1) is 8.33. The highest BCUT2D eigenvalue weighted by Gasteiger charge is 2.25. The molecule has 0 amide bonds. The first kappa shape index (κ1) is 10.5. The van der Waals surface area contributed by atoms with Crippen molar-refractivity contribution in [1.82, 2.24) is 20.1 Å². The molecule has 0 aliphatic heterocycles. The van der Waals surface area contributed by atoms with E-state index in [9.17, 15) is 5.11 Å². The average molecular weight is 234 g/mol. The minimum Gasteiger partial charge on any atom is -0.393 e. The lowest BCUT2D eigenvalue weighted by molar-refractivity contribution is 0.116. The summed E-state index contributed by atoms with van der Waals surface area (Å²) in [4.78, 5) is 11.4. The van der Waals surface area contributed by atoms with Gasteiger partial charge in [0, 0.05) is 18.3 Å². The Morgan fingerprint density at radius 1 is 1.29 bits per heavy atom. The van der Waals surface area contributed by atoms with Gasteiger partial charge in [0.15, 0.2) is 5.82 Å². The van der Waals surface area contributed by atoms with Crippen LogP contribution in [-0.2, 0) is 0 Å². The van der Waals surface area contributed by atoms with E-state index in [-0.39, 0.29) is 12.0 Å². The fourth-order valence-corrected chi connectivity index (χ4v) is 2.21. The van der Waals surface area contributed by atoms with Crippen molar-refractivity contribution in [3.63, 3.8) is 0 Å². The van der Waals surface area contributed by atoms with E-state index in [1.807, 2.05) is 0 Å². The Morgan fingerprint density at radius 3 is 2.82 bits per heavy atom. The largest absolute Gasteiger partial charge is 0.393 e. The Hall–Kier alpha value is -1.69. The van der Waals surface area contributed by atoms with Crippen LogP contribution in [0, 0.1) is 0 Å². The molecular formula is C11H14N4O2. The molecule has 2 aromatic heterocycles. The molecule has 1 aliphatic rings. The van der Waals surface area contributed by atoms with Crippen LogP contribution in [0.2, 0.25) is 0 Å². The molecule has 17 heavy (non-hydrogen) atoms. The fraction of sp³-hybridized carbons (Fsp3) is 0.545. The Labute approximate surface area is 98.1 Å². The zero-order chi connectivity index (χ0) is 11.7. The second-order valence-corrected chi connectivity index (χ2v) is 4.40. The highest BCUT2D eigenvalue weighted by atomic mass is 16.5. The number of aliphatic hydroxyl groups excluding tert-OH is 1. The summed E-state index contributed by atoms with van der Waals surface area (Å²) >= 11 is 0. The number of imidazole rings is 1. The Bertz CT molecular complexity index is 471. The molecule has 0 saturated heterocycles. The highest BCUT2D eigenvalue weighted by molar-refractivity contribution is 5.40. The van der Waals surface area contributed by atoms with Gasteiger partial charge in [-0.25, -0.2) is 4.98 Å². The van der Waals surface area contributed by atoms with Gasteiger partial charge in [-0.2, -0.15) is 4.98 Å². The van der Waals surface area contributed by atoms with Crippen molar-refractivity contribution in [3.8, 4) is 11.6 Å². The molecule has 2 N–H and O–H groups in total. The van der Waals surface area contributed by atoms with Gasteiger partial charge in [-0.3, -0.25) is 0 Å².